The molecule has 0 fully saturated rings. The summed E-state index contributed by atoms with van der Waals surface area (Å²) in [6.45, 7) is 9.08. The summed E-state index contributed by atoms with van der Waals surface area (Å²) in [5, 5.41) is 14.9. The van der Waals surface area contributed by atoms with Crippen LogP contribution >= 0.6 is 0 Å². The molecule has 2 aromatic rings. The predicted molar refractivity (Wildman–Crippen MR) is 107 cm³/mol. The fourth-order valence-corrected chi connectivity index (χ4v) is 3.21. The highest BCUT2D eigenvalue weighted by Crippen LogP contribution is 2.38. The molecule has 0 aliphatic carbocycles. The number of unbranched alkanes of at least 4 members (excludes halogenated alkanes) is 1. The fraction of sp³-hybridized carbons (Fsp3) is 0.500. The predicted octanol–water partition coefficient (Wildman–Crippen LogP) is 3.10. The van der Waals surface area contributed by atoms with Crippen molar-refractivity contribution in [2.75, 3.05) is 25.1 Å². The molecular formula is C20H27N5O4. The number of ether oxygens (including phenoxy) is 3. The Bertz CT molecular complexity index is 893. The number of aromatic nitrogens is 4. The van der Waals surface area contributed by atoms with Crippen LogP contribution in [0.5, 0.6) is 11.5 Å². The number of carbonyl (C=O) groups is 1. The number of hydrogen-bond donors (Lipinski definition) is 1. The van der Waals surface area contributed by atoms with Gasteiger partial charge in [0.1, 0.15) is 6.04 Å². The van der Waals surface area contributed by atoms with Crippen molar-refractivity contribution in [3.8, 4) is 11.5 Å². The Kier molecular flexibility index (Phi) is 6.69. The van der Waals surface area contributed by atoms with Crippen LogP contribution in [0, 0.1) is 0 Å². The number of hydrogen-bond acceptors (Lipinski definition) is 8. The number of fused-ring (bicyclic) bond motifs is 1. The molecule has 0 bridgehead atoms. The van der Waals surface area contributed by atoms with Gasteiger partial charge in [0.2, 0.25) is 5.95 Å². The standard InChI is InChI=1S/C20H27N5O4/c1-5-8-11-29-19(26)17-13(4)21-20-22-23-24-25(20)18(17)14-9-10-15(27-6-2)16(12-14)28-7-3/h9-10,12,18H,5-8,11H2,1-4H3,(H,21,22,24). The van der Waals surface area contributed by atoms with Crippen molar-refractivity contribution in [1.29, 1.82) is 0 Å². The van der Waals surface area contributed by atoms with Gasteiger partial charge in [-0.1, -0.05) is 24.5 Å². The average molecular weight is 401 g/mol. The van der Waals surface area contributed by atoms with Crippen LogP contribution in [-0.4, -0.2) is 46.0 Å². The maximum atomic E-state index is 12.9. The van der Waals surface area contributed by atoms with Gasteiger partial charge in [0.15, 0.2) is 11.5 Å². The summed E-state index contributed by atoms with van der Waals surface area (Å²) in [4.78, 5) is 12.9. The minimum absolute atomic E-state index is 0.370. The average Bonchev–Trinajstić information content (AvgIpc) is 3.16. The normalized spacial score (nSPS) is 15.5. The second kappa shape index (κ2) is 9.40. The van der Waals surface area contributed by atoms with Crippen molar-refractivity contribution in [1.82, 2.24) is 20.2 Å². The van der Waals surface area contributed by atoms with Gasteiger partial charge in [0, 0.05) is 5.70 Å². The number of nitrogens with one attached hydrogen (secondary N) is 1. The highest BCUT2D eigenvalue weighted by molar-refractivity contribution is 5.92. The van der Waals surface area contributed by atoms with Gasteiger partial charge in [-0.05, 0) is 55.3 Å². The number of carbonyl (C=O) groups excluding carboxylic acids is 1. The molecule has 29 heavy (non-hydrogen) atoms. The van der Waals surface area contributed by atoms with Crippen molar-refractivity contribution in [2.45, 2.75) is 46.6 Å². The van der Waals surface area contributed by atoms with E-state index < -0.39 is 6.04 Å². The summed E-state index contributed by atoms with van der Waals surface area (Å²) in [7, 11) is 0. The van der Waals surface area contributed by atoms with E-state index in [2.05, 4.69) is 20.8 Å². The molecule has 156 valence electrons. The monoisotopic (exact) mass is 401 g/mol. The lowest BCUT2D eigenvalue weighted by molar-refractivity contribution is -0.139. The van der Waals surface area contributed by atoms with Gasteiger partial charge >= 0.3 is 5.97 Å². The zero-order valence-electron chi connectivity index (χ0n) is 17.3. The summed E-state index contributed by atoms with van der Waals surface area (Å²) in [5.74, 6) is 1.33. The summed E-state index contributed by atoms with van der Waals surface area (Å²) >= 11 is 0. The van der Waals surface area contributed by atoms with Crippen LogP contribution in [0.15, 0.2) is 29.5 Å². The Morgan fingerprint density at radius 3 is 2.66 bits per heavy atom. The number of esters is 1. The van der Waals surface area contributed by atoms with Crippen molar-refractivity contribution >= 4 is 11.9 Å². The van der Waals surface area contributed by atoms with Gasteiger partial charge in [0.05, 0.1) is 25.4 Å². The molecule has 0 radical (unpaired) electrons. The van der Waals surface area contributed by atoms with Gasteiger partial charge in [0.25, 0.3) is 0 Å². The number of allylic oxidation sites excluding steroid dienone is 1. The van der Waals surface area contributed by atoms with Crippen LogP contribution in [0.4, 0.5) is 5.95 Å². The quantitative estimate of drug-likeness (QED) is 0.505. The Morgan fingerprint density at radius 2 is 1.93 bits per heavy atom. The number of anilines is 1. The Balaban J connectivity index is 2.04. The highest BCUT2D eigenvalue weighted by Gasteiger charge is 2.35. The molecule has 2 heterocycles. The fourth-order valence-electron chi connectivity index (χ4n) is 3.21. The lowest BCUT2D eigenvalue weighted by Crippen LogP contribution is -2.30. The Morgan fingerprint density at radius 1 is 1.17 bits per heavy atom. The first-order valence-corrected chi connectivity index (χ1v) is 9.92. The zero-order chi connectivity index (χ0) is 20.8. The van der Waals surface area contributed by atoms with Crippen LogP contribution in [0.1, 0.15) is 52.1 Å². The number of nitrogens with zero attached hydrogens (tertiary/aromatic N) is 4. The molecule has 1 atom stereocenters. The molecule has 0 saturated carbocycles. The molecule has 1 aromatic heterocycles. The van der Waals surface area contributed by atoms with Crippen LogP contribution in [-0.2, 0) is 9.53 Å². The molecule has 0 spiro atoms. The summed E-state index contributed by atoms with van der Waals surface area (Å²) in [6.07, 6.45) is 1.75. The molecular weight excluding hydrogens is 374 g/mol. The third-order valence-electron chi connectivity index (χ3n) is 4.55. The molecule has 1 N–H and O–H groups in total. The largest absolute Gasteiger partial charge is 0.490 e. The molecule has 0 amide bonds. The molecule has 9 nitrogen and oxygen atoms in total. The molecule has 1 aromatic carbocycles. The molecule has 1 aliphatic heterocycles. The SMILES string of the molecule is CCCCOC(=O)C1=C(C)Nc2nnnn2C1c1ccc(OCC)c(OCC)c1. The van der Waals surface area contributed by atoms with E-state index in [0.29, 0.717) is 48.5 Å². The minimum Gasteiger partial charge on any atom is -0.490 e. The van der Waals surface area contributed by atoms with Crippen molar-refractivity contribution < 1.29 is 19.0 Å². The van der Waals surface area contributed by atoms with Crippen LogP contribution < -0.4 is 14.8 Å². The van der Waals surface area contributed by atoms with E-state index in [1.165, 1.54) is 0 Å². The number of rotatable bonds is 9. The van der Waals surface area contributed by atoms with E-state index in [0.717, 1.165) is 18.4 Å². The maximum Gasteiger partial charge on any atom is 0.338 e. The van der Waals surface area contributed by atoms with Gasteiger partial charge in [-0.15, -0.1) is 0 Å². The van der Waals surface area contributed by atoms with Crippen molar-refractivity contribution in [3.63, 3.8) is 0 Å². The molecule has 3 rings (SSSR count). The lowest BCUT2D eigenvalue weighted by atomic mass is 9.95. The second-order valence-electron chi connectivity index (χ2n) is 6.57. The summed E-state index contributed by atoms with van der Waals surface area (Å²) in [5.41, 5.74) is 1.92. The summed E-state index contributed by atoms with van der Waals surface area (Å²) in [6, 6.07) is 5.06. The van der Waals surface area contributed by atoms with Gasteiger partial charge in [-0.2, -0.15) is 4.68 Å². The smallest absolute Gasteiger partial charge is 0.338 e. The third kappa shape index (κ3) is 4.33. The van der Waals surface area contributed by atoms with E-state index in [1.54, 1.807) is 4.68 Å². The number of tetrazole rings is 1. The highest BCUT2D eigenvalue weighted by atomic mass is 16.5. The van der Waals surface area contributed by atoms with Crippen LogP contribution in [0.3, 0.4) is 0 Å². The van der Waals surface area contributed by atoms with E-state index in [9.17, 15) is 4.79 Å². The van der Waals surface area contributed by atoms with E-state index in [4.69, 9.17) is 14.2 Å². The molecule has 1 aliphatic rings. The second-order valence-corrected chi connectivity index (χ2v) is 6.57. The summed E-state index contributed by atoms with van der Waals surface area (Å²) < 4.78 is 18.5. The molecule has 0 saturated heterocycles. The molecule has 1 unspecified atom stereocenters. The first-order valence-electron chi connectivity index (χ1n) is 9.92. The molecule has 9 heteroatoms. The van der Waals surface area contributed by atoms with Crippen LogP contribution in [0.25, 0.3) is 0 Å². The third-order valence-corrected chi connectivity index (χ3v) is 4.55. The van der Waals surface area contributed by atoms with Gasteiger partial charge in [-0.25, -0.2) is 4.79 Å². The first kappa shape index (κ1) is 20.6. The van der Waals surface area contributed by atoms with Crippen molar-refractivity contribution in [2.24, 2.45) is 0 Å². The van der Waals surface area contributed by atoms with E-state index in [1.807, 2.05) is 45.9 Å². The minimum atomic E-state index is -0.537. The van der Waals surface area contributed by atoms with Gasteiger partial charge < -0.3 is 19.5 Å². The topological polar surface area (TPSA) is 100 Å². The van der Waals surface area contributed by atoms with Crippen LogP contribution in [0.2, 0.25) is 0 Å². The first-order chi connectivity index (χ1) is 14.1. The van der Waals surface area contributed by atoms with E-state index >= 15 is 0 Å². The Hall–Kier alpha value is -3.10. The van der Waals surface area contributed by atoms with Gasteiger partial charge in [-0.3, -0.25) is 0 Å². The lowest BCUT2D eigenvalue weighted by Gasteiger charge is -2.28. The maximum absolute atomic E-state index is 12.9. The van der Waals surface area contributed by atoms with E-state index in [-0.39, 0.29) is 5.97 Å². The number of benzene rings is 1. The Labute approximate surface area is 170 Å². The zero-order valence-corrected chi connectivity index (χ0v) is 17.3. The van der Waals surface area contributed by atoms with Crippen molar-refractivity contribution in [3.05, 3.63) is 35.0 Å².